The lowest BCUT2D eigenvalue weighted by Gasteiger charge is -2.26. The number of carboxylic acid groups (broad SMARTS) is 1. The lowest BCUT2D eigenvalue weighted by Crippen LogP contribution is -2.49. The number of rotatable bonds is 6. The summed E-state index contributed by atoms with van der Waals surface area (Å²) in [6.07, 6.45) is -1.87. The van der Waals surface area contributed by atoms with E-state index in [0.29, 0.717) is 0 Å². The summed E-state index contributed by atoms with van der Waals surface area (Å²) in [5.41, 5.74) is 0. The fourth-order valence-corrected chi connectivity index (χ4v) is 1.46. The maximum atomic E-state index is 11.6. The van der Waals surface area contributed by atoms with Crippen LogP contribution in [0.2, 0.25) is 0 Å². The van der Waals surface area contributed by atoms with Crippen molar-refractivity contribution in [1.82, 2.24) is 10.2 Å². The van der Waals surface area contributed by atoms with E-state index in [1.165, 1.54) is 14.0 Å². The minimum Gasteiger partial charge on any atom is -0.480 e. The smallest absolute Gasteiger partial charge is 0.417 e. The predicted molar refractivity (Wildman–Crippen MR) is 77.2 cm³/mol. The molecule has 0 fully saturated rings. The van der Waals surface area contributed by atoms with E-state index in [1.54, 1.807) is 20.8 Å². The number of carboxylic acids is 1. The normalized spacial score (nSPS) is 13.0. The summed E-state index contributed by atoms with van der Waals surface area (Å²) in [7, 11) is 1.37. The zero-order valence-electron chi connectivity index (χ0n) is 13.4. The van der Waals surface area contributed by atoms with Crippen molar-refractivity contribution in [2.45, 2.75) is 46.4 Å². The number of nitrogens with one attached hydrogen (secondary N) is 2. The summed E-state index contributed by atoms with van der Waals surface area (Å²) in [6.45, 7) is 6.28. The largest absolute Gasteiger partial charge is 0.480 e. The molecule has 126 valence electrons. The Morgan fingerprint density at radius 2 is 1.77 bits per heavy atom. The fraction of sp³-hybridized carbons (Fsp3) is 0.692. The van der Waals surface area contributed by atoms with Crippen LogP contribution in [0.4, 0.5) is 4.79 Å². The Morgan fingerprint density at radius 3 is 2.18 bits per heavy atom. The maximum Gasteiger partial charge on any atom is 0.417 e. The molecule has 0 radical (unpaired) electrons. The Morgan fingerprint density at radius 1 is 1.23 bits per heavy atom. The number of nitrogens with zero attached hydrogens (tertiary/aromatic N) is 1. The quantitative estimate of drug-likeness (QED) is 0.288. The van der Waals surface area contributed by atoms with Gasteiger partial charge >= 0.3 is 18.0 Å². The third-order valence-corrected chi connectivity index (χ3v) is 2.74. The van der Waals surface area contributed by atoms with Gasteiger partial charge in [0.05, 0.1) is 5.92 Å². The molecule has 0 bridgehead atoms. The van der Waals surface area contributed by atoms with Crippen LogP contribution in [-0.2, 0) is 19.1 Å². The number of carbonyl (C=O) groups excluding carboxylic acids is 2. The van der Waals surface area contributed by atoms with Gasteiger partial charge in [-0.15, -0.1) is 0 Å². The molecule has 0 heterocycles. The summed E-state index contributed by atoms with van der Waals surface area (Å²) in [5, 5.41) is 18.7. The SMILES string of the molecule is CCC(C(=O)O)N(C)C(=N)NC(=O)OC(C)OC(=O)C(C)C. The van der Waals surface area contributed by atoms with Crippen molar-refractivity contribution >= 4 is 24.0 Å². The molecule has 0 aromatic rings. The van der Waals surface area contributed by atoms with Gasteiger partial charge in [0, 0.05) is 14.0 Å². The van der Waals surface area contributed by atoms with Crippen LogP contribution in [0.3, 0.4) is 0 Å². The molecule has 0 saturated heterocycles. The average Bonchev–Trinajstić information content (AvgIpc) is 2.37. The van der Waals surface area contributed by atoms with Crippen LogP contribution in [0.1, 0.15) is 34.1 Å². The van der Waals surface area contributed by atoms with Crippen LogP contribution < -0.4 is 5.32 Å². The van der Waals surface area contributed by atoms with Crippen molar-refractivity contribution in [2.75, 3.05) is 7.05 Å². The summed E-state index contributed by atoms with van der Waals surface area (Å²) in [5.74, 6) is -2.42. The van der Waals surface area contributed by atoms with Crippen LogP contribution in [0, 0.1) is 11.3 Å². The van der Waals surface area contributed by atoms with Gasteiger partial charge in [-0.1, -0.05) is 20.8 Å². The topological polar surface area (TPSA) is 129 Å². The Balaban J connectivity index is 4.44. The van der Waals surface area contributed by atoms with Crippen molar-refractivity contribution < 1.29 is 29.0 Å². The second-order valence-electron chi connectivity index (χ2n) is 4.91. The molecule has 3 N–H and O–H groups in total. The monoisotopic (exact) mass is 317 g/mol. The van der Waals surface area contributed by atoms with Crippen LogP contribution in [0.25, 0.3) is 0 Å². The Bertz CT molecular complexity index is 437. The van der Waals surface area contributed by atoms with Crippen molar-refractivity contribution in [3.05, 3.63) is 0 Å². The highest BCUT2D eigenvalue weighted by molar-refractivity contribution is 5.94. The lowest BCUT2D eigenvalue weighted by atomic mass is 10.2. The maximum absolute atomic E-state index is 11.6. The van der Waals surface area contributed by atoms with E-state index in [4.69, 9.17) is 20.0 Å². The van der Waals surface area contributed by atoms with E-state index in [9.17, 15) is 14.4 Å². The molecule has 22 heavy (non-hydrogen) atoms. The van der Waals surface area contributed by atoms with E-state index in [-0.39, 0.29) is 12.3 Å². The summed E-state index contributed by atoms with van der Waals surface area (Å²) in [6, 6.07) is -0.941. The van der Waals surface area contributed by atoms with E-state index < -0.39 is 36.3 Å². The number of likely N-dealkylation sites (N-methyl/N-ethyl adjacent to an activating group) is 1. The fourth-order valence-electron chi connectivity index (χ4n) is 1.46. The number of esters is 1. The van der Waals surface area contributed by atoms with Gasteiger partial charge in [0.2, 0.25) is 12.2 Å². The second kappa shape index (κ2) is 8.85. The number of aliphatic carboxylic acids is 1. The minimum atomic E-state index is -1.12. The van der Waals surface area contributed by atoms with Crippen molar-refractivity contribution in [3.63, 3.8) is 0 Å². The van der Waals surface area contributed by atoms with E-state index in [0.717, 1.165) is 4.90 Å². The third kappa shape index (κ3) is 6.42. The molecule has 0 aromatic heterocycles. The molecule has 9 nitrogen and oxygen atoms in total. The van der Waals surface area contributed by atoms with Gasteiger partial charge in [0.15, 0.2) is 0 Å². The standard InChI is InChI=1S/C13H23N3O6/c1-6-9(10(17)18)16(5)12(14)15-13(20)22-8(4)21-11(19)7(2)3/h7-9H,6H2,1-5H3,(H,17,18)(H2,14,15,20). The second-order valence-corrected chi connectivity index (χ2v) is 4.91. The molecule has 9 heteroatoms. The first-order valence-electron chi connectivity index (χ1n) is 6.82. The van der Waals surface area contributed by atoms with Gasteiger partial charge in [-0.3, -0.25) is 15.5 Å². The van der Waals surface area contributed by atoms with Gasteiger partial charge in [0.25, 0.3) is 0 Å². The molecule has 0 aliphatic heterocycles. The molecule has 1 amide bonds. The van der Waals surface area contributed by atoms with Gasteiger partial charge in [-0.05, 0) is 6.42 Å². The van der Waals surface area contributed by atoms with E-state index in [1.807, 2.05) is 0 Å². The average molecular weight is 317 g/mol. The number of carbonyl (C=O) groups is 3. The van der Waals surface area contributed by atoms with Gasteiger partial charge in [-0.2, -0.15) is 0 Å². The Hall–Kier alpha value is -2.32. The first kappa shape index (κ1) is 19.7. The number of hydrogen-bond acceptors (Lipinski definition) is 6. The number of amides is 1. The first-order chi connectivity index (χ1) is 10.1. The molecule has 2 atom stereocenters. The van der Waals surface area contributed by atoms with Crippen molar-refractivity contribution in [3.8, 4) is 0 Å². The molecular formula is C13H23N3O6. The number of hydrogen-bond donors (Lipinski definition) is 3. The number of alkyl carbamates (subject to hydrolysis) is 1. The molecule has 0 aliphatic carbocycles. The highest BCUT2D eigenvalue weighted by Gasteiger charge is 2.24. The highest BCUT2D eigenvalue weighted by Crippen LogP contribution is 2.04. The molecule has 0 aliphatic rings. The predicted octanol–water partition coefficient (Wildman–Crippen LogP) is 0.988. The zero-order valence-corrected chi connectivity index (χ0v) is 13.4. The third-order valence-electron chi connectivity index (χ3n) is 2.74. The molecule has 2 unspecified atom stereocenters. The molecular weight excluding hydrogens is 294 g/mol. The van der Waals surface area contributed by atoms with Crippen LogP contribution >= 0.6 is 0 Å². The van der Waals surface area contributed by atoms with Crippen molar-refractivity contribution in [1.29, 1.82) is 5.41 Å². The lowest BCUT2D eigenvalue weighted by molar-refractivity contribution is -0.168. The van der Waals surface area contributed by atoms with Crippen molar-refractivity contribution in [2.24, 2.45) is 5.92 Å². The number of ether oxygens (including phenoxy) is 2. The van der Waals surface area contributed by atoms with Crippen LogP contribution in [-0.4, -0.2) is 53.4 Å². The van der Waals surface area contributed by atoms with Gasteiger partial charge in [0.1, 0.15) is 6.04 Å². The summed E-state index contributed by atoms with van der Waals surface area (Å²) >= 11 is 0. The Labute approximate surface area is 129 Å². The zero-order chi connectivity index (χ0) is 17.4. The van der Waals surface area contributed by atoms with Gasteiger partial charge in [-0.25, -0.2) is 9.59 Å². The molecule has 0 rings (SSSR count). The van der Waals surface area contributed by atoms with E-state index >= 15 is 0 Å². The minimum absolute atomic E-state index is 0.257. The Kier molecular flexibility index (Phi) is 7.92. The van der Waals surface area contributed by atoms with E-state index in [2.05, 4.69) is 5.32 Å². The van der Waals surface area contributed by atoms with Crippen LogP contribution in [0.15, 0.2) is 0 Å². The summed E-state index contributed by atoms with van der Waals surface area (Å²) in [4.78, 5) is 35.0. The molecule has 0 aromatic carbocycles. The summed E-state index contributed by atoms with van der Waals surface area (Å²) < 4.78 is 9.59. The molecule has 0 spiro atoms. The van der Waals surface area contributed by atoms with Crippen LogP contribution in [0.5, 0.6) is 0 Å². The highest BCUT2D eigenvalue weighted by atomic mass is 16.7. The molecule has 0 saturated carbocycles. The first-order valence-corrected chi connectivity index (χ1v) is 6.82. The number of guanidine groups is 1. The van der Waals surface area contributed by atoms with Gasteiger partial charge < -0.3 is 19.5 Å².